The number of aromatic amines is 1. The highest BCUT2D eigenvalue weighted by atomic mass is 32.2. The maximum absolute atomic E-state index is 12.8. The molecule has 158 valence electrons. The van der Waals surface area contributed by atoms with Crippen LogP contribution < -0.4 is 10.3 Å². The number of aromatic nitrogens is 2. The summed E-state index contributed by atoms with van der Waals surface area (Å²) in [4.78, 5) is 17.2. The maximum Gasteiger partial charge on any atom is 0.280 e. The second kappa shape index (κ2) is 8.78. The number of benzene rings is 2. The molecule has 0 spiro atoms. The standard InChI is InChI=1S/C21H24N4O4S/c1-14-4-7-18(12-15(14)2)25-21(27)20(16(3)24-25)13-22-17-5-8-19(9-6-17)30(28,29)23-10-11-26/h4-9,12-13,23-24,26H,10-11H2,1-3H3. The summed E-state index contributed by atoms with van der Waals surface area (Å²) in [5, 5.41) is 11.8. The summed E-state index contributed by atoms with van der Waals surface area (Å²) >= 11 is 0. The molecule has 0 bridgehead atoms. The van der Waals surface area contributed by atoms with Gasteiger partial charge in [-0.15, -0.1) is 0 Å². The van der Waals surface area contributed by atoms with Gasteiger partial charge in [0.15, 0.2) is 0 Å². The fourth-order valence-electron chi connectivity index (χ4n) is 2.87. The largest absolute Gasteiger partial charge is 0.395 e. The minimum Gasteiger partial charge on any atom is -0.395 e. The Kier molecular flexibility index (Phi) is 6.35. The van der Waals surface area contributed by atoms with Gasteiger partial charge >= 0.3 is 0 Å². The molecule has 0 aliphatic heterocycles. The first-order valence-electron chi connectivity index (χ1n) is 9.37. The lowest BCUT2D eigenvalue weighted by Gasteiger charge is -2.05. The fraction of sp³-hybridized carbons (Fsp3) is 0.238. The summed E-state index contributed by atoms with van der Waals surface area (Å²) in [6.07, 6.45) is 1.47. The molecule has 1 aromatic heterocycles. The topological polar surface area (TPSA) is 117 Å². The first-order chi connectivity index (χ1) is 14.2. The lowest BCUT2D eigenvalue weighted by Crippen LogP contribution is -2.26. The van der Waals surface area contributed by atoms with E-state index in [1.807, 2.05) is 32.0 Å². The lowest BCUT2D eigenvalue weighted by atomic mass is 10.1. The highest BCUT2D eigenvalue weighted by Gasteiger charge is 2.13. The SMILES string of the molecule is Cc1ccc(-n2[nH]c(C)c(C=Nc3ccc(S(=O)(=O)NCCO)cc3)c2=O)cc1C. The Morgan fingerprint density at radius 2 is 1.80 bits per heavy atom. The van der Waals surface area contributed by atoms with Crippen LogP contribution in [0.1, 0.15) is 22.4 Å². The molecule has 2 aromatic carbocycles. The molecular weight excluding hydrogens is 404 g/mol. The number of nitrogens with one attached hydrogen (secondary N) is 2. The Balaban J connectivity index is 1.85. The van der Waals surface area contributed by atoms with Gasteiger partial charge in [-0.1, -0.05) is 6.07 Å². The second-order valence-corrected chi connectivity index (χ2v) is 8.70. The number of aliphatic hydroxyl groups excluding tert-OH is 1. The summed E-state index contributed by atoms with van der Waals surface area (Å²) in [5.41, 5.74) is 4.37. The van der Waals surface area contributed by atoms with E-state index >= 15 is 0 Å². The maximum atomic E-state index is 12.8. The Hall–Kier alpha value is -3.01. The average Bonchev–Trinajstić information content (AvgIpc) is 3.01. The molecule has 8 nitrogen and oxygen atoms in total. The molecule has 3 rings (SSSR count). The van der Waals surface area contributed by atoms with Crippen LogP contribution in [-0.4, -0.2) is 42.7 Å². The van der Waals surface area contributed by atoms with E-state index in [4.69, 9.17) is 5.11 Å². The number of rotatable bonds is 7. The first kappa shape index (κ1) is 21.7. The second-order valence-electron chi connectivity index (χ2n) is 6.93. The average molecular weight is 429 g/mol. The van der Waals surface area contributed by atoms with Crippen molar-refractivity contribution in [3.8, 4) is 5.69 Å². The van der Waals surface area contributed by atoms with Crippen molar-refractivity contribution >= 4 is 21.9 Å². The third-order valence-electron chi connectivity index (χ3n) is 4.76. The minimum atomic E-state index is -3.67. The summed E-state index contributed by atoms with van der Waals surface area (Å²) < 4.78 is 27.8. The highest BCUT2D eigenvalue weighted by Crippen LogP contribution is 2.17. The molecule has 0 fully saturated rings. The van der Waals surface area contributed by atoms with Gasteiger partial charge in [0.2, 0.25) is 10.0 Å². The van der Waals surface area contributed by atoms with Crippen molar-refractivity contribution in [1.82, 2.24) is 14.5 Å². The van der Waals surface area contributed by atoms with Crippen LogP contribution in [0.2, 0.25) is 0 Å². The monoisotopic (exact) mass is 428 g/mol. The zero-order chi connectivity index (χ0) is 21.9. The van der Waals surface area contributed by atoms with Crippen molar-refractivity contribution in [3.63, 3.8) is 0 Å². The van der Waals surface area contributed by atoms with E-state index in [0.29, 0.717) is 16.9 Å². The van der Waals surface area contributed by atoms with Crippen LogP contribution in [0.3, 0.4) is 0 Å². The van der Waals surface area contributed by atoms with Crippen molar-refractivity contribution in [3.05, 3.63) is 75.2 Å². The van der Waals surface area contributed by atoms with Crippen molar-refractivity contribution in [1.29, 1.82) is 0 Å². The zero-order valence-corrected chi connectivity index (χ0v) is 17.8. The normalized spacial score (nSPS) is 12.0. The van der Waals surface area contributed by atoms with E-state index in [0.717, 1.165) is 16.8 Å². The van der Waals surface area contributed by atoms with E-state index in [-0.39, 0.29) is 23.6 Å². The van der Waals surface area contributed by atoms with E-state index < -0.39 is 10.0 Å². The first-order valence-corrected chi connectivity index (χ1v) is 10.8. The summed E-state index contributed by atoms with van der Waals surface area (Å²) in [5.74, 6) is 0. The molecule has 3 aromatic rings. The molecule has 0 saturated heterocycles. The predicted molar refractivity (Wildman–Crippen MR) is 117 cm³/mol. The van der Waals surface area contributed by atoms with Crippen LogP contribution in [0.25, 0.3) is 5.69 Å². The van der Waals surface area contributed by atoms with E-state index in [9.17, 15) is 13.2 Å². The van der Waals surface area contributed by atoms with Crippen molar-refractivity contribution < 1.29 is 13.5 Å². The smallest absolute Gasteiger partial charge is 0.280 e. The van der Waals surface area contributed by atoms with Gasteiger partial charge in [0.25, 0.3) is 5.56 Å². The van der Waals surface area contributed by atoms with Crippen LogP contribution in [0, 0.1) is 20.8 Å². The highest BCUT2D eigenvalue weighted by molar-refractivity contribution is 7.89. The number of aliphatic imine (C=N–C) groups is 1. The molecular formula is C21H24N4O4S. The predicted octanol–water partition coefficient (Wildman–Crippen LogP) is 2.11. The third-order valence-corrected chi connectivity index (χ3v) is 6.24. The minimum absolute atomic E-state index is 0.0538. The zero-order valence-electron chi connectivity index (χ0n) is 17.0. The molecule has 0 radical (unpaired) electrons. The number of sulfonamides is 1. The van der Waals surface area contributed by atoms with Gasteiger partial charge in [-0.2, -0.15) is 0 Å². The number of hydrogen-bond donors (Lipinski definition) is 3. The van der Waals surface area contributed by atoms with Gasteiger partial charge in [0.05, 0.1) is 28.4 Å². The molecule has 0 unspecified atom stereocenters. The van der Waals surface area contributed by atoms with Gasteiger partial charge in [-0.05, 0) is 68.3 Å². The molecule has 0 aliphatic carbocycles. The summed E-state index contributed by atoms with van der Waals surface area (Å²) in [7, 11) is -3.67. The van der Waals surface area contributed by atoms with E-state index in [2.05, 4.69) is 14.8 Å². The van der Waals surface area contributed by atoms with E-state index in [1.165, 1.54) is 23.0 Å². The Morgan fingerprint density at radius 1 is 1.10 bits per heavy atom. The van der Waals surface area contributed by atoms with Crippen molar-refractivity contribution in [2.75, 3.05) is 13.2 Å². The number of H-pyrrole nitrogens is 1. The molecule has 3 N–H and O–H groups in total. The van der Waals surface area contributed by atoms with E-state index in [1.54, 1.807) is 19.1 Å². The fourth-order valence-corrected chi connectivity index (χ4v) is 3.89. The molecule has 30 heavy (non-hydrogen) atoms. The lowest BCUT2D eigenvalue weighted by molar-refractivity contribution is 0.301. The number of aliphatic hydroxyl groups is 1. The van der Waals surface area contributed by atoms with Crippen LogP contribution in [0.5, 0.6) is 0 Å². The molecule has 0 saturated carbocycles. The van der Waals surface area contributed by atoms with Crippen LogP contribution >= 0.6 is 0 Å². The quantitative estimate of drug-likeness (QED) is 0.500. The van der Waals surface area contributed by atoms with Crippen LogP contribution in [0.4, 0.5) is 5.69 Å². The van der Waals surface area contributed by atoms with Crippen LogP contribution in [0.15, 0.2) is 57.1 Å². The van der Waals surface area contributed by atoms with Gasteiger partial charge < -0.3 is 5.11 Å². The van der Waals surface area contributed by atoms with Gasteiger partial charge in [0, 0.05) is 18.5 Å². The van der Waals surface area contributed by atoms with Crippen molar-refractivity contribution in [2.24, 2.45) is 4.99 Å². The van der Waals surface area contributed by atoms with Gasteiger partial charge in [-0.3, -0.25) is 14.9 Å². The molecule has 9 heteroatoms. The Morgan fingerprint density at radius 3 is 2.43 bits per heavy atom. The molecule has 1 heterocycles. The Bertz CT molecular complexity index is 1240. The van der Waals surface area contributed by atoms with Crippen molar-refractivity contribution in [2.45, 2.75) is 25.7 Å². The molecule has 0 aliphatic rings. The van der Waals surface area contributed by atoms with Gasteiger partial charge in [-0.25, -0.2) is 17.8 Å². The number of aryl methyl sites for hydroxylation is 3. The number of nitrogens with zero attached hydrogens (tertiary/aromatic N) is 2. The van der Waals surface area contributed by atoms with Crippen LogP contribution in [-0.2, 0) is 10.0 Å². The molecule has 0 amide bonds. The third kappa shape index (κ3) is 4.59. The Labute approximate surface area is 175 Å². The summed E-state index contributed by atoms with van der Waals surface area (Å²) in [6.45, 7) is 5.46. The summed E-state index contributed by atoms with van der Waals surface area (Å²) in [6, 6.07) is 11.7. The van der Waals surface area contributed by atoms with Gasteiger partial charge in [0.1, 0.15) is 0 Å². The number of hydrogen-bond acceptors (Lipinski definition) is 5. The molecule has 0 atom stereocenters.